The number of likely N-dealkylation sites (N-methyl/N-ethyl adjacent to an activating group) is 1. The van der Waals surface area contributed by atoms with Crippen molar-refractivity contribution in [3.05, 3.63) is 0 Å². The van der Waals surface area contributed by atoms with Gasteiger partial charge in [-0.1, -0.05) is 0 Å². The molecule has 0 unspecified atom stereocenters. The molecule has 25 heavy (non-hydrogen) atoms. The van der Waals surface area contributed by atoms with Crippen LogP contribution in [0, 0.1) is 0 Å². The van der Waals surface area contributed by atoms with Gasteiger partial charge >= 0.3 is 0 Å². The number of rotatable bonds is 6. The van der Waals surface area contributed by atoms with E-state index in [9.17, 15) is 0 Å². The molecule has 2 heterocycles. The fraction of sp³-hybridized carbons (Fsp3) is 0.944. The molecule has 0 bridgehead atoms. The van der Waals surface area contributed by atoms with Crippen LogP contribution in [0.25, 0.3) is 0 Å². The molecule has 0 aliphatic carbocycles. The average Bonchev–Trinajstić information content (AvgIpc) is 2.54. The molecule has 2 fully saturated rings. The highest BCUT2D eigenvalue weighted by Gasteiger charge is 2.28. The Balaban J connectivity index is 0.00000312. The van der Waals surface area contributed by atoms with Gasteiger partial charge in [-0.25, -0.2) is 0 Å². The standard InChI is InChI=1S/C18H37N5S.HI/c1-5-19-17(23-14-15-24-18(2,3)16-23)20-8-6-7-9-22-12-10-21(4)11-13-22;/h5-16H2,1-4H3,(H,19,20);1H. The molecule has 0 aromatic carbocycles. The van der Waals surface area contributed by atoms with Crippen molar-refractivity contribution in [2.45, 2.75) is 38.4 Å². The van der Waals surface area contributed by atoms with E-state index in [1.807, 2.05) is 0 Å². The maximum absolute atomic E-state index is 4.89. The van der Waals surface area contributed by atoms with Crippen LogP contribution in [0.3, 0.4) is 0 Å². The van der Waals surface area contributed by atoms with Crippen molar-refractivity contribution in [2.75, 3.05) is 71.7 Å². The molecule has 0 radical (unpaired) electrons. The first-order valence-corrected chi connectivity index (χ1v) is 10.6. The van der Waals surface area contributed by atoms with Gasteiger partial charge in [-0.3, -0.25) is 4.99 Å². The number of nitrogens with zero attached hydrogens (tertiary/aromatic N) is 4. The molecule has 7 heteroatoms. The number of guanidine groups is 1. The minimum atomic E-state index is 0. The number of aliphatic imine (C=N–C) groups is 1. The Morgan fingerprint density at radius 3 is 2.48 bits per heavy atom. The van der Waals surface area contributed by atoms with E-state index >= 15 is 0 Å². The molecular formula is C18H38IN5S. The number of piperazine rings is 1. The van der Waals surface area contributed by atoms with Gasteiger partial charge in [0.1, 0.15) is 0 Å². The van der Waals surface area contributed by atoms with E-state index < -0.39 is 0 Å². The molecule has 0 amide bonds. The molecule has 148 valence electrons. The second-order valence-corrected chi connectivity index (χ2v) is 9.42. The van der Waals surface area contributed by atoms with E-state index in [4.69, 9.17) is 4.99 Å². The van der Waals surface area contributed by atoms with Gasteiger partial charge < -0.3 is 20.0 Å². The molecule has 2 rings (SSSR count). The topological polar surface area (TPSA) is 34.1 Å². The number of hydrogen-bond acceptors (Lipinski definition) is 4. The quantitative estimate of drug-likeness (QED) is 0.272. The lowest BCUT2D eigenvalue weighted by atomic mass is 10.2. The summed E-state index contributed by atoms with van der Waals surface area (Å²) in [6.07, 6.45) is 2.45. The minimum Gasteiger partial charge on any atom is -0.357 e. The fourth-order valence-corrected chi connectivity index (χ4v) is 4.44. The molecule has 2 saturated heterocycles. The second kappa shape index (κ2) is 11.9. The summed E-state index contributed by atoms with van der Waals surface area (Å²) >= 11 is 2.07. The Morgan fingerprint density at radius 1 is 1.12 bits per heavy atom. The molecular weight excluding hydrogens is 445 g/mol. The predicted octanol–water partition coefficient (Wildman–Crippen LogP) is 2.42. The van der Waals surface area contributed by atoms with Gasteiger partial charge in [0.2, 0.25) is 0 Å². The number of nitrogens with one attached hydrogen (secondary N) is 1. The zero-order chi connectivity index (χ0) is 17.4. The van der Waals surface area contributed by atoms with E-state index in [0.717, 1.165) is 32.1 Å². The van der Waals surface area contributed by atoms with E-state index in [1.54, 1.807) is 0 Å². The summed E-state index contributed by atoms with van der Waals surface area (Å²) in [5, 5.41) is 3.49. The Hall–Kier alpha value is 0.270. The van der Waals surface area contributed by atoms with Crippen molar-refractivity contribution >= 4 is 41.7 Å². The Morgan fingerprint density at radius 2 is 1.84 bits per heavy atom. The number of halogens is 1. The van der Waals surface area contributed by atoms with Crippen molar-refractivity contribution < 1.29 is 0 Å². The van der Waals surface area contributed by atoms with Crippen LogP contribution in [0.15, 0.2) is 4.99 Å². The minimum absolute atomic E-state index is 0. The molecule has 1 N–H and O–H groups in total. The van der Waals surface area contributed by atoms with Gasteiger partial charge in [0.25, 0.3) is 0 Å². The highest BCUT2D eigenvalue weighted by atomic mass is 127. The van der Waals surface area contributed by atoms with Crippen LogP contribution in [0.4, 0.5) is 0 Å². The Bertz CT molecular complexity index is 397. The van der Waals surface area contributed by atoms with Crippen molar-refractivity contribution in [1.29, 1.82) is 0 Å². The monoisotopic (exact) mass is 483 g/mol. The van der Waals surface area contributed by atoms with Gasteiger partial charge in [-0.15, -0.1) is 24.0 Å². The number of thioether (sulfide) groups is 1. The van der Waals surface area contributed by atoms with Crippen molar-refractivity contribution in [1.82, 2.24) is 20.0 Å². The molecule has 2 aliphatic heterocycles. The third kappa shape index (κ3) is 8.67. The Labute approximate surface area is 176 Å². The van der Waals surface area contributed by atoms with Gasteiger partial charge in [-0.2, -0.15) is 11.8 Å². The lowest BCUT2D eigenvalue weighted by Crippen LogP contribution is -2.51. The summed E-state index contributed by atoms with van der Waals surface area (Å²) < 4.78 is 0.329. The highest BCUT2D eigenvalue weighted by Crippen LogP contribution is 2.29. The molecule has 5 nitrogen and oxygen atoms in total. The van der Waals surface area contributed by atoms with E-state index in [0.29, 0.717) is 4.75 Å². The van der Waals surface area contributed by atoms with Gasteiger partial charge in [-0.05, 0) is 47.2 Å². The van der Waals surface area contributed by atoms with Crippen LogP contribution in [0.1, 0.15) is 33.6 Å². The summed E-state index contributed by atoms with van der Waals surface area (Å²) in [5.74, 6) is 2.31. The molecule has 0 aromatic heterocycles. The summed E-state index contributed by atoms with van der Waals surface area (Å²) in [6.45, 7) is 17.0. The summed E-state index contributed by atoms with van der Waals surface area (Å²) in [4.78, 5) is 12.4. The third-order valence-electron chi connectivity index (χ3n) is 4.80. The highest BCUT2D eigenvalue weighted by molar-refractivity contribution is 14.0. The van der Waals surface area contributed by atoms with Crippen LogP contribution in [0.2, 0.25) is 0 Å². The lowest BCUT2D eigenvalue weighted by molar-refractivity contribution is 0.152. The molecule has 0 spiro atoms. The van der Waals surface area contributed by atoms with E-state index in [1.165, 1.54) is 51.3 Å². The van der Waals surface area contributed by atoms with E-state index in [-0.39, 0.29) is 24.0 Å². The van der Waals surface area contributed by atoms with Crippen LogP contribution < -0.4 is 5.32 Å². The lowest BCUT2D eigenvalue weighted by Gasteiger charge is -2.39. The zero-order valence-electron chi connectivity index (χ0n) is 16.6. The van der Waals surface area contributed by atoms with Gasteiger partial charge in [0.05, 0.1) is 0 Å². The predicted molar refractivity (Wildman–Crippen MR) is 123 cm³/mol. The fourth-order valence-electron chi connectivity index (χ4n) is 3.33. The summed E-state index contributed by atoms with van der Waals surface area (Å²) in [7, 11) is 2.22. The number of hydrogen-bond donors (Lipinski definition) is 1. The van der Waals surface area contributed by atoms with Gasteiger partial charge in [0, 0.05) is 62.9 Å². The SMILES string of the molecule is CCNC(=NCCCCN1CCN(C)CC1)N1CCSC(C)(C)C1.I. The first-order valence-electron chi connectivity index (χ1n) is 9.58. The second-order valence-electron chi connectivity index (χ2n) is 7.62. The number of unbranched alkanes of at least 4 members (excludes halogenated alkanes) is 1. The van der Waals surface area contributed by atoms with Crippen LogP contribution in [0.5, 0.6) is 0 Å². The molecule has 2 aliphatic rings. The van der Waals surface area contributed by atoms with Crippen molar-refractivity contribution in [2.24, 2.45) is 4.99 Å². The van der Waals surface area contributed by atoms with Crippen molar-refractivity contribution in [3.63, 3.8) is 0 Å². The smallest absolute Gasteiger partial charge is 0.193 e. The molecule has 0 aromatic rings. The average molecular weight is 484 g/mol. The zero-order valence-corrected chi connectivity index (χ0v) is 19.7. The first kappa shape index (κ1) is 23.3. The molecule has 0 atom stereocenters. The summed E-state index contributed by atoms with van der Waals surface area (Å²) in [6, 6.07) is 0. The van der Waals surface area contributed by atoms with Crippen LogP contribution >= 0.6 is 35.7 Å². The third-order valence-corrected chi connectivity index (χ3v) is 6.10. The maximum atomic E-state index is 4.89. The normalized spacial score (nSPS) is 22.6. The first-order chi connectivity index (χ1) is 11.5. The van der Waals surface area contributed by atoms with Gasteiger partial charge in [0.15, 0.2) is 5.96 Å². The maximum Gasteiger partial charge on any atom is 0.193 e. The molecule has 0 saturated carbocycles. The largest absolute Gasteiger partial charge is 0.357 e. The van der Waals surface area contributed by atoms with Crippen LogP contribution in [-0.4, -0.2) is 97.1 Å². The van der Waals surface area contributed by atoms with Crippen LogP contribution in [-0.2, 0) is 0 Å². The van der Waals surface area contributed by atoms with Crippen molar-refractivity contribution in [3.8, 4) is 0 Å². The van der Waals surface area contributed by atoms with E-state index in [2.05, 4.69) is 59.6 Å². The Kier molecular flexibility index (Phi) is 11.1. The summed E-state index contributed by atoms with van der Waals surface area (Å²) in [5.41, 5.74) is 0.